The second kappa shape index (κ2) is 5.75. The Labute approximate surface area is 106 Å². The molecule has 0 unspecified atom stereocenters. The Morgan fingerprint density at radius 2 is 1.94 bits per heavy atom. The summed E-state index contributed by atoms with van der Waals surface area (Å²) in [5.41, 5.74) is 1.23. The van der Waals surface area contributed by atoms with Gasteiger partial charge in [0.2, 0.25) is 0 Å². The highest BCUT2D eigenvalue weighted by Gasteiger charge is 2.10. The van der Waals surface area contributed by atoms with Crippen LogP contribution in [0.4, 0.5) is 0 Å². The number of hydrogen-bond acceptors (Lipinski definition) is 3. The first-order valence-corrected chi connectivity index (χ1v) is 6.43. The van der Waals surface area contributed by atoms with Gasteiger partial charge in [-0.2, -0.15) is 0 Å². The maximum Gasteiger partial charge on any atom is 0.186 e. The first kappa shape index (κ1) is 12.0. The van der Waals surface area contributed by atoms with Gasteiger partial charge in [0.25, 0.3) is 0 Å². The molecular formula is C14H15NOS. The number of ketones is 1. The quantitative estimate of drug-likeness (QED) is 0.755. The van der Waals surface area contributed by atoms with Crippen molar-refractivity contribution < 1.29 is 4.79 Å². The molecule has 0 radical (unpaired) electrons. The minimum absolute atomic E-state index is 0.193. The van der Waals surface area contributed by atoms with Crippen LogP contribution in [0.3, 0.4) is 0 Å². The van der Waals surface area contributed by atoms with Crippen molar-refractivity contribution in [2.24, 2.45) is 0 Å². The topological polar surface area (TPSA) is 20.3 Å². The van der Waals surface area contributed by atoms with E-state index >= 15 is 0 Å². The van der Waals surface area contributed by atoms with E-state index in [0.717, 1.165) is 11.4 Å². The molecule has 0 bridgehead atoms. The summed E-state index contributed by atoms with van der Waals surface area (Å²) in [4.78, 5) is 14.8. The molecule has 0 aliphatic carbocycles. The standard InChI is InChI=1S/C14H15NOS/c1-15(10-12-6-3-2-4-7-12)11-13(16)14-8-5-9-17-14/h2-9H,10-11H2,1H3. The van der Waals surface area contributed by atoms with Crippen molar-refractivity contribution in [3.05, 3.63) is 58.3 Å². The lowest BCUT2D eigenvalue weighted by Crippen LogP contribution is -2.25. The van der Waals surface area contributed by atoms with E-state index < -0.39 is 0 Å². The molecule has 0 saturated heterocycles. The molecule has 2 nitrogen and oxygen atoms in total. The smallest absolute Gasteiger partial charge is 0.186 e. The third-order valence-electron chi connectivity index (χ3n) is 2.50. The Kier molecular flexibility index (Phi) is 4.07. The summed E-state index contributed by atoms with van der Waals surface area (Å²) in [6, 6.07) is 14.0. The van der Waals surface area contributed by atoms with Gasteiger partial charge in [0.15, 0.2) is 5.78 Å². The fraction of sp³-hybridized carbons (Fsp3) is 0.214. The molecule has 0 N–H and O–H groups in total. The average Bonchev–Trinajstić information content (AvgIpc) is 2.83. The van der Waals surface area contributed by atoms with Crippen molar-refractivity contribution >= 4 is 17.1 Å². The molecule has 0 aliphatic rings. The molecule has 0 amide bonds. The number of hydrogen-bond donors (Lipinski definition) is 0. The Balaban J connectivity index is 1.90. The Morgan fingerprint density at radius 1 is 1.18 bits per heavy atom. The Morgan fingerprint density at radius 3 is 2.59 bits per heavy atom. The van der Waals surface area contributed by atoms with Crippen LogP contribution in [0.25, 0.3) is 0 Å². The normalized spacial score (nSPS) is 10.7. The van der Waals surface area contributed by atoms with Crippen LogP contribution in [0, 0.1) is 0 Å². The monoisotopic (exact) mass is 245 g/mol. The van der Waals surface area contributed by atoms with Gasteiger partial charge in [-0.15, -0.1) is 11.3 Å². The lowest BCUT2D eigenvalue weighted by atomic mass is 10.2. The number of nitrogens with zero attached hydrogens (tertiary/aromatic N) is 1. The highest BCUT2D eigenvalue weighted by atomic mass is 32.1. The summed E-state index contributed by atoms with van der Waals surface area (Å²) in [6.45, 7) is 1.27. The van der Waals surface area contributed by atoms with Crippen LogP contribution in [0.5, 0.6) is 0 Å². The number of benzene rings is 1. The van der Waals surface area contributed by atoms with E-state index in [2.05, 4.69) is 12.1 Å². The predicted molar refractivity (Wildman–Crippen MR) is 71.4 cm³/mol. The fourth-order valence-electron chi connectivity index (χ4n) is 1.71. The van der Waals surface area contributed by atoms with Gasteiger partial charge in [-0.05, 0) is 24.1 Å². The third kappa shape index (κ3) is 3.51. The van der Waals surface area contributed by atoms with E-state index in [9.17, 15) is 4.79 Å². The number of carbonyl (C=O) groups excluding carboxylic acids is 1. The zero-order valence-electron chi connectivity index (χ0n) is 9.80. The molecule has 0 fully saturated rings. The summed E-state index contributed by atoms with van der Waals surface area (Å²) in [5, 5.41) is 1.93. The summed E-state index contributed by atoms with van der Waals surface area (Å²) in [6.07, 6.45) is 0. The first-order valence-electron chi connectivity index (χ1n) is 5.55. The SMILES string of the molecule is CN(CC(=O)c1cccs1)Cc1ccccc1. The van der Waals surface area contributed by atoms with Crippen LogP contribution >= 0.6 is 11.3 Å². The van der Waals surface area contributed by atoms with Crippen molar-refractivity contribution in [1.29, 1.82) is 0 Å². The molecule has 0 atom stereocenters. The molecule has 1 heterocycles. The molecule has 1 aromatic carbocycles. The molecule has 0 aliphatic heterocycles. The van der Waals surface area contributed by atoms with E-state index in [1.54, 1.807) is 0 Å². The average molecular weight is 245 g/mol. The molecule has 2 aromatic rings. The Bertz CT molecular complexity index is 464. The van der Waals surface area contributed by atoms with Gasteiger partial charge < -0.3 is 0 Å². The molecule has 1 aromatic heterocycles. The largest absolute Gasteiger partial charge is 0.295 e. The number of Topliss-reactive ketones (excluding diaryl/α,β-unsaturated/α-hetero) is 1. The van der Waals surface area contributed by atoms with Gasteiger partial charge >= 0.3 is 0 Å². The number of carbonyl (C=O) groups is 1. The van der Waals surface area contributed by atoms with Gasteiger partial charge in [-0.3, -0.25) is 9.69 Å². The van der Waals surface area contributed by atoms with Gasteiger partial charge in [-0.1, -0.05) is 36.4 Å². The van der Waals surface area contributed by atoms with Crippen LogP contribution < -0.4 is 0 Å². The van der Waals surface area contributed by atoms with E-state index in [1.165, 1.54) is 16.9 Å². The number of rotatable bonds is 5. The number of thiophene rings is 1. The van der Waals surface area contributed by atoms with Crippen molar-refractivity contribution in [3.63, 3.8) is 0 Å². The van der Waals surface area contributed by atoms with E-state index in [1.807, 2.05) is 47.7 Å². The fourth-order valence-corrected chi connectivity index (χ4v) is 2.37. The van der Waals surface area contributed by atoms with E-state index in [4.69, 9.17) is 0 Å². The summed E-state index contributed by atoms with van der Waals surface area (Å²) >= 11 is 1.50. The van der Waals surface area contributed by atoms with Crippen LogP contribution in [-0.4, -0.2) is 24.3 Å². The molecular weight excluding hydrogens is 230 g/mol. The van der Waals surface area contributed by atoms with E-state index in [-0.39, 0.29) is 5.78 Å². The highest BCUT2D eigenvalue weighted by molar-refractivity contribution is 7.12. The zero-order chi connectivity index (χ0) is 12.1. The second-order valence-corrected chi connectivity index (χ2v) is 5.01. The second-order valence-electron chi connectivity index (χ2n) is 4.06. The minimum Gasteiger partial charge on any atom is -0.295 e. The van der Waals surface area contributed by atoms with Gasteiger partial charge in [0, 0.05) is 6.54 Å². The van der Waals surface area contributed by atoms with Gasteiger partial charge in [0.05, 0.1) is 11.4 Å². The molecule has 3 heteroatoms. The molecule has 0 saturated carbocycles. The maximum absolute atomic E-state index is 11.9. The van der Waals surface area contributed by atoms with Crippen LogP contribution in [-0.2, 0) is 6.54 Å². The molecule has 17 heavy (non-hydrogen) atoms. The highest BCUT2D eigenvalue weighted by Crippen LogP contribution is 2.10. The van der Waals surface area contributed by atoms with Crippen molar-refractivity contribution in [1.82, 2.24) is 4.90 Å². The lowest BCUT2D eigenvalue weighted by Gasteiger charge is -2.15. The van der Waals surface area contributed by atoms with Crippen molar-refractivity contribution in [2.75, 3.05) is 13.6 Å². The van der Waals surface area contributed by atoms with Crippen molar-refractivity contribution in [3.8, 4) is 0 Å². The van der Waals surface area contributed by atoms with E-state index in [0.29, 0.717) is 6.54 Å². The van der Waals surface area contributed by atoms with Gasteiger partial charge in [0.1, 0.15) is 0 Å². The summed E-state index contributed by atoms with van der Waals surface area (Å²) < 4.78 is 0. The first-order chi connectivity index (χ1) is 8.25. The predicted octanol–water partition coefficient (Wildman–Crippen LogP) is 3.06. The lowest BCUT2D eigenvalue weighted by molar-refractivity contribution is 0.0947. The number of likely N-dealkylation sites (N-methyl/N-ethyl adjacent to an activating group) is 1. The van der Waals surface area contributed by atoms with Crippen LogP contribution in [0.15, 0.2) is 47.8 Å². The van der Waals surface area contributed by atoms with Crippen molar-refractivity contribution in [2.45, 2.75) is 6.54 Å². The Hall–Kier alpha value is -1.45. The summed E-state index contributed by atoms with van der Waals surface area (Å²) in [5.74, 6) is 0.193. The van der Waals surface area contributed by atoms with Crippen LogP contribution in [0.1, 0.15) is 15.2 Å². The molecule has 2 rings (SSSR count). The minimum atomic E-state index is 0.193. The zero-order valence-corrected chi connectivity index (χ0v) is 10.6. The van der Waals surface area contributed by atoms with Crippen LogP contribution in [0.2, 0.25) is 0 Å². The summed E-state index contributed by atoms with van der Waals surface area (Å²) in [7, 11) is 1.97. The molecule has 88 valence electrons. The van der Waals surface area contributed by atoms with Gasteiger partial charge in [-0.25, -0.2) is 0 Å². The molecule has 0 spiro atoms. The third-order valence-corrected chi connectivity index (χ3v) is 3.42. The maximum atomic E-state index is 11.9.